The molecule has 2 nitrogen and oxygen atoms in total. The van der Waals surface area contributed by atoms with Gasteiger partial charge in [-0.15, -0.1) is 0 Å². The second-order valence-corrected chi connectivity index (χ2v) is 3.92. The fourth-order valence-corrected chi connectivity index (χ4v) is 1.54. The molecule has 1 aromatic heterocycles. The summed E-state index contributed by atoms with van der Waals surface area (Å²) in [5.74, 6) is -1.72. The number of aromatic nitrogens is 1. The highest BCUT2D eigenvalue weighted by molar-refractivity contribution is 5.63. The maximum Gasteiger partial charge on any atom is 0.159 e. The van der Waals surface area contributed by atoms with Crippen molar-refractivity contribution in [3.8, 4) is 11.1 Å². The number of nitrogens with zero attached hydrogens (tertiary/aromatic N) is 1. The van der Waals surface area contributed by atoms with Crippen molar-refractivity contribution in [2.45, 2.75) is 13.0 Å². The summed E-state index contributed by atoms with van der Waals surface area (Å²) >= 11 is 0. The van der Waals surface area contributed by atoms with E-state index in [1.807, 2.05) is 13.0 Å². The molecule has 0 bridgehead atoms. The van der Waals surface area contributed by atoms with E-state index in [1.54, 1.807) is 12.4 Å². The van der Waals surface area contributed by atoms with Crippen LogP contribution in [0.5, 0.6) is 0 Å². The number of hydrogen-bond acceptors (Lipinski definition) is 2. The zero-order chi connectivity index (χ0) is 12.4. The van der Waals surface area contributed by atoms with Gasteiger partial charge in [0, 0.05) is 24.0 Å². The van der Waals surface area contributed by atoms with E-state index in [1.165, 1.54) is 6.07 Å². The van der Waals surface area contributed by atoms with Crippen molar-refractivity contribution in [2.24, 2.45) is 5.73 Å². The molecule has 0 saturated carbocycles. The Morgan fingerprint density at radius 1 is 1.06 bits per heavy atom. The van der Waals surface area contributed by atoms with E-state index in [-0.39, 0.29) is 6.04 Å². The van der Waals surface area contributed by atoms with E-state index in [4.69, 9.17) is 5.73 Å². The van der Waals surface area contributed by atoms with Gasteiger partial charge in [0.05, 0.1) is 0 Å². The summed E-state index contributed by atoms with van der Waals surface area (Å²) in [5.41, 5.74) is 7.90. The van der Waals surface area contributed by atoms with Crippen LogP contribution in [-0.2, 0) is 0 Å². The van der Waals surface area contributed by atoms with Crippen LogP contribution in [0.2, 0.25) is 0 Å². The molecule has 1 heterocycles. The van der Waals surface area contributed by atoms with E-state index in [0.29, 0.717) is 5.56 Å². The summed E-state index contributed by atoms with van der Waals surface area (Å²) in [6, 6.07) is 5.44. The Labute approximate surface area is 98.1 Å². The monoisotopic (exact) mass is 234 g/mol. The second-order valence-electron chi connectivity index (χ2n) is 3.92. The molecule has 1 aromatic carbocycles. The topological polar surface area (TPSA) is 38.9 Å². The van der Waals surface area contributed by atoms with E-state index in [2.05, 4.69) is 4.98 Å². The lowest BCUT2D eigenvalue weighted by molar-refractivity contribution is 0.509. The zero-order valence-electron chi connectivity index (χ0n) is 9.32. The van der Waals surface area contributed by atoms with Crippen LogP contribution in [0.25, 0.3) is 11.1 Å². The Hall–Kier alpha value is -1.81. The van der Waals surface area contributed by atoms with E-state index < -0.39 is 11.6 Å². The van der Waals surface area contributed by atoms with Gasteiger partial charge in [-0.1, -0.05) is 6.07 Å². The normalized spacial score (nSPS) is 12.5. The minimum atomic E-state index is -0.867. The van der Waals surface area contributed by atoms with Crippen LogP contribution in [0.15, 0.2) is 36.7 Å². The Morgan fingerprint density at radius 3 is 2.47 bits per heavy atom. The van der Waals surface area contributed by atoms with Gasteiger partial charge in [0.2, 0.25) is 0 Å². The average Bonchev–Trinajstić information content (AvgIpc) is 2.33. The molecule has 88 valence electrons. The Bertz CT molecular complexity index is 539. The first-order valence-electron chi connectivity index (χ1n) is 5.24. The lowest BCUT2D eigenvalue weighted by Gasteiger charge is -2.07. The fourth-order valence-electron chi connectivity index (χ4n) is 1.54. The smallest absolute Gasteiger partial charge is 0.159 e. The lowest BCUT2D eigenvalue weighted by atomic mass is 10.0. The van der Waals surface area contributed by atoms with Crippen molar-refractivity contribution in [3.63, 3.8) is 0 Å². The molecule has 0 fully saturated rings. The first-order valence-corrected chi connectivity index (χ1v) is 5.24. The molecule has 0 amide bonds. The molecule has 2 rings (SSSR count). The first-order chi connectivity index (χ1) is 8.08. The van der Waals surface area contributed by atoms with E-state index in [9.17, 15) is 8.78 Å². The predicted molar refractivity (Wildman–Crippen MR) is 62.2 cm³/mol. The third kappa shape index (κ3) is 2.47. The van der Waals surface area contributed by atoms with E-state index in [0.717, 1.165) is 23.3 Å². The SMILES string of the molecule is CC(N)c1cncc(-c2ccc(F)c(F)c2)c1. The summed E-state index contributed by atoms with van der Waals surface area (Å²) in [5, 5.41) is 0. The average molecular weight is 234 g/mol. The molecule has 1 unspecified atom stereocenters. The summed E-state index contributed by atoms with van der Waals surface area (Å²) < 4.78 is 25.9. The van der Waals surface area contributed by atoms with Crippen molar-refractivity contribution in [1.29, 1.82) is 0 Å². The summed E-state index contributed by atoms with van der Waals surface area (Å²) in [6.45, 7) is 1.84. The largest absolute Gasteiger partial charge is 0.324 e. The van der Waals surface area contributed by atoms with Gasteiger partial charge in [-0.25, -0.2) is 8.78 Å². The van der Waals surface area contributed by atoms with Gasteiger partial charge in [0.15, 0.2) is 11.6 Å². The maximum atomic E-state index is 13.1. The van der Waals surface area contributed by atoms with Gasteiger partial charge < -0.3 is 5.73 Å². The highest BCUT2D eigenvalue weighted by Crippen LogP contribution is 2.23. The molecular weight excluding hydrogens is 222 g/mol. The molecule has 2 aromatic rings. The fraction of sp³-hybridized carbons (Fsp3) is 0.154. The van der Waals surface area contributed by atoms with Crippen LogP contribution < -0.4 is 5.73 Å². The summed E-state index contributed by atoms with van der Waals surface area (Å²) in [4.78, 5) is 4.04. The summed E-state index contributed by atoms with van der Waals surface area (Å²) in [7, 11) is 0. The number of benzene rings is 1. The quantitative estimate of drug-likeness (QED) is 0.867. The Balaban J connectivity index is 2.45. The molecule has 4 heteroatoms. The van der Waals surface area contributed by atoms with E-state index >= 15 is 0 Å². The molecule has 1 atom stereocenters. The van der Waals surface area contributed by atoms with Gasteiger partial charge in [-0.3, -0.25) is 4.98 Å². The second kappa shape index (κ2) is 4.59. The molecular formula is C13H12F2N2. The van der Waals surface area contributed by atoms with Gasteiger partial charge in [-0.2, -0.15) is 0 Å². The van der Waals surface area contributed by atoms with Crippen molar-refractivity contribution >= 4 is 0 Å². The first kappa shape index (κ1) is 11.7. The number of pyridine rings is 1. The van der Waals surface area contributed by atoms with Gasteiger partial charge in [0.25, 0.3) is 0 Å². The maximum absolute atomic E-state index is 13.1. The van der Waals surface area contributed by atoms with Gasteiger partial charge in [-0.05, 0) is 36.2 Å². The van der Waals surface area contributed by atoms with Gasteiger partial charge >= 0.3 is 0 Å². The van der Waals surface area contributed by atoms with Crippen LogP contribution in [0.1, 0.15) is 18.5 Å². The zero-order valence-corrected chi connectivity index (χ0v) is 9.32. The number of rotatable bonds is 2. The molecule has 0 spiro atoms. The third-order valence-corrected chi connectivity index (χ3v) is 2.54. The molecule has 0 aliphatic rings. The number of hydrogen-bond donors (Lipinski definition) is 1. The number of nitrogens with two attached hydrogens (primary N) is 1. The molecule has 17 heavy (non-hydrogen) atoms. The lowest BCUT2D eigenvalue weighted by Crippen LogP contribution is -2.05. The Morgan fingerprint density at radius 2 is 1.82 bits per heavy atom. The molecule has 0 saturated heterocycles. The van der Waals surface area contributed by atoms with Crippen LogP contribution in [0, 0.1) is 11.6 Å². The van der Waals surface area contributed by atoms with Crippen LogP contribution in [0.4, 0.5) is 8.78 Å². The Kier molecular flexibility index (Phi) is 3.15. The highest BCUT2D eigenvalue weighted by Gasteiger charge is 2.06. The van der Waals surface area contributed by atoms with Crippen molar-refractivity contribution in [3.05, 3.63) is 53.9 Å². The highest BCUT2D eigenvalue weighted by atomic mass is 19.2. The minimum Gasteiger partial charge on any atom is -0.324 e. The van der Waals surface area contributed by atoms with Crippen molar-refractivity contribution in [2.75, 3.05) is 0 Å². The van der Waals surface area contributed by atoms with Crippen LogP contribution >= 0.6 is 0 Å². The molecule has 0 aliphatic carbocycles. The summed E-state index contributed by atoms with van der Waals surface area (Å²) in [6.07, 6.45) is 3.26. The van der Waals surface area contributed by atoms with Crippen molar-refractivity contribution < 1.29 is 8.78 Å². The van der Waals surface area contributed by atoms with Crippen LogP contribution in [-0.4, -0.2) is 4.98 Å². The predicted octanol–water partition coefficient (Wildman–Crippen LogP) is 3.05. The van der Waals surface area contributed by atoms with Gasteiger partial charge in [0.1, 0.15) is 0 Å². The van der Waals surface area contributed by atoms with Crippen molar-refractivity contribution in [1.82, 2.24) is 4.98 Å². The number of halogens is 2. The minimum absolute atomic E-state index is 0.146. The standard InChI is InChI=1S/C13H12F2N2/c1-8(16)10-4-11(7-17-6-10)9-2-3-12(14)13(15)5-9/h2-8H,16H2,1H3. The molecule has 0 aliphatic heterocycles. The molecule has 2 N–H and O–H groups in total. The van der Waals surface area contributed by atoms with Crippen LogP contribution in [0.3, 0.4) is 0 Å². The third-order valence-electron chi connectivity index (χ3n) is 2.54. The molecule has 0 radical (unpaired) electrons.